The molecule has 0 bridgehead atoms. The van der Waals surface area contributed by atoms with Gasteiger partial charge in [0, 0.05) is 17.3 Å². The summed E-state index contributed by atoms with van der Waals surface area (Å²) in [5, 5.41) is 13.9. The number of furan rings is 1. The van der Waals surface area contributed by atoms with Crippen molar-refractivity contribution in [2.75, 3.05) is 5.32 Å². The van der Waals surface area contributed by atoms with E-state index in [0.29, 0.717) is 16.8 Å². The van der Waals surface area contributed by atoms with Crippen LogP contribution in [0.4, 0.5) is 11.4 Å². The number of nitro benzene ring substituents is 1. The Labute approximate surface area is 112 Å². The lowest BCUT2D eigenvalue weighted by Gasteiger charge is -2.08. The first kappa shape index (κ1) is 12.6. The molecule has 0 radical (unpaired) electrons. The number of halogens is 1. The second-order valence-corrected chi connectivity index (χ2v) is 4.55. The van der Waals surface area contributed by atoms with Gasteiger partial charge in [0.2, 0.25) is 0 Å². The standard InChI is InChI=1S/C12H11BrN2O3/c1-8-10(3-2-4-11(8)15(16)17)14-7-9-5-6-12(13)18-9/h2-6,14H,7H2,1H3. The number of nitrogens with one attached hydrogen (secondary N) is 1. The first-order valence-electron chi connectivity index (χ1n) is 5.30. The molecule has 0 spiro atoms. The zero-order chi connectivity index (χ0) is 13.1. The summed E-state index contributed by atoms with van der Waals surface area (Å²) in [5.74, 6) is 0.757. The van der Waals surface area contributed by atoms with E-state index in [2.05, 4.69) is 21.2 Å². The average Bonchev–Trinajstić information content (AvgIpc) is 2.73. The maximum absolute atomic E-state index is 10.8. The molecule has 0 aliphatic rings. The highest BCUT2D eigenvalue weighted by molar-refractivity contribution is 9.10. The number of hydrogen-bond donors (Lipinski definition) is 1. The monoisotopic (exact) mass is 310 g/mol. The zero-order valence-electron chi connectivity index (χ0n) is 9.64. The summed E-state index contributed by atoms with van der Waals surface area (Å²) in [4.78, 5) is 10.4. The molecular formula is C12H11BrN2O3. The van der Waals surface area contributed by atoms with E-state index in [9.17, 15) is 10.1 Å². The van der Waals surface area contributed by atoms with Crippen molar-refractivity contribution < 1.29 is 9.34 Å². The largest absolute Gasteiger partial charge is 0.452 e. The summed E-state index contributed by atoms with van der Waals surface area (Å²) < 4.78 is 6.01. The van der Waals surface area contributed by atoms with E-state index in [1.54, 1.807) is 25.1 Å². The average molecular weight is 311 g/mol. The van der Waals surface area contributed by atoms with Crippen molar-refractivity contribution in [3.05, 3.63) is 56.4 Å². The first-order chi connectivity index (χ1) is 8.58. The second-order valence-electron chi connectivity index (χ2n) is 3.77. The third-order valence-electron chi connectivity index (χ3n) is 2.58. The van der Waals surface area contributed by atoms with Crippen LogP contribution in [0.5, 0.6) is 0 Å². The van der Waals surface area contributed by atoms with E-state index in [4.69, 9.17) is 4.42 Å². The number of nitro groups is 1. The summed E-state index contributed by atoms with van der Waals surface area (Å²) >= 11 is 3.22. The van der Waals surface area contributed by atoms with Crippen LogP contribution in [0.3, 0.4) is 0 Å². The van der Waals surface area contributed by atoms with Gasteiger partial charge in [0.15, 0.2) is 4.67 Å². The molecule has 0 unspecified atom stereocenters. The fourth-order valence-electron chi connectivity index (χ4n) is 1.64. The van der Waals surface area contributed by atoms with Crippen LogP contribution in [0.15, 0.2) is 39.4 Å². The van der Waals surface area contributed by atoms with E-state index in [1.165, 1.54) is 6.07 Å². The van der Waals surface area contributed by atoms with Crippen molar-refractivity contribution in [1.29, 1.82) is 0 Å². The summed E-state index contributed by atoms with van der Waals surface area (Å²) in [7, 11) is 0. The maximum atomic E-state index is 10.8. The zero-order valence-corrected chi connectivity index (χ0v) is 11.2. The van der Waals surface area contributed by atoms with Gasteiger partial charge in [-0.25, -0.2) is 0 Å². The van der Waals surface area contributed by atoms with Crippen LogP contribution in [-0.4, -0.2) is 4.92 Å². The molecule has 1 aromatic carbocycles. The van der Waals surface area contributed by atoms with E-state index in [0.717, 1.165) is 11.4 Å². The molecule has 2 rings (SSSR count). The van der Waals surface area contributed by atoms with Gasteiger partial charge < -0.3 is 9.73 Å². The van der Waals surface area contributed by atoms with Crippen molar-refractivity contribution in [3.63, 3.8) is 0 Å². The molecule has 0 aliphatic carbocycles. The highest BCUT2D eigenvalue weighted by Gasteiger charge is 2.13. The molecule has 94 valence electrons. The first-order valence-corrected chi connectivity index (χ1v) is 6.09. The van der Waals surface area contributed by atoms with Crippen LogP contribution in [-0.2, 0) is 6.54 Å². The molecule has 0 atom stereocenters. The normalized spacial score (nSPS) is 10.3. The molecule has 1 N–H and O–H groups in total. The van der Waals surface area contributed by atoms with E-state index in [1.807, 2.05) is 6.07 Å². The number of nitrogens with zero attached hydrogens (tertiary/aromatic N) is 1. The highest BCUT2D eigenvalue weighted by atomic mass is 79.9. The Morgan fingerprint density at radius 1 is 1.39 bits per heavy atom. The SMILES string of the molecule is Cc1c(NCc2ccc(Br)o2)cccc1[N+](=O)[O-]. The molecule has 0 aliphatic heterocycles. The van der Waals surface area contributed by atoms with E-state index >= 15 is 0 Å². The number of benzene rings is 1. The quantitative estimate of drug-likeness (QED) is 0.687. The molecule has 18 heavy (non-hydrogen) atoms. The van der Waals surface area contributed by atoms with Gasteiger partial charge in [-0.15, -0.1) is 0 Å². The minimum atomic E-state index is -0.385. The molecule has 0 saturated heterocycles. The lowest BCUT2D eigenvalue weighted by atomic mass is 10.1. The van der Waals surface area contributed by atoms with E-state index in [-0.39, 0.29) is 10.6 Å². The third kappa shape index (κ3) is 2.70. The fourth-order valence-corrected chi connectivity index (χ4v) is 1.98. The Morgan fingerprint density at radius 2 is 2.17 bits per heavy atom. The predicted molar refractivity (Wildman–Crippen MR) is 71.6 cm³/mol. The molecule has 6 heteroatoms. The molecule has 1 heterocycles. The van der Waals surface area contributed by atoms with Crippen LogP contribution in [0.25, 0.3) is 0 Å². The summed E-state index contributed by atoms with van der Waals surface area (Å²) in [6, 6.07) is 8.59. The fraction of sp³-hybridized carbons (Fsp3) is 0.167. The lowest BCUT2D eigenvalue weighted by molar-refractivity contribution is -0.385. The van der Waals surface area contributed by atoms with Crippen molar-refractivity contribution in [2.45, 2.75) is 13.5 Å². The Morgan fingerprint density at radius 3 is 2.78 bits per heavy atom. The minimum absolute atomic E-state index is 0.112. The molecule has 0 saturated carbocycles. The van der Waals surface area contributed by atoms with Crippen LogP contribution in [0, 0.1) is 17.0 Å². The number of anilines is 1. The Hall–Kier alpha value is -1.82. The van der Waals surface area contributed by atoms with E-state index < -0.39 is 0 Å². The molecule has 2 aromatic rings. The third-order valence-corrected chi connectivity index (χ3v) is 3.01. The highest BCUT2D eigenvalue weighted by Crippen LogP contribution is 2.25. The van der Waals surface area contributed by atoms with Gasteiger partial charge in [0.1, 0.15) is 5.76 Å². The Kier molecular flexibility index (Phi) is 3.66. The molecule has 1 aromatic heterocycles. The van der Waals surface area contributed by atoms with Crippen molar-refractivity contribution in [2.24, 2.45) is 0 Å². The Balaban J connectivity index is 2.14. The lowest BCUT2D eigenvalue weighted by Crippen LogP contribution is -2.02. The van der Waals surface area contributed by atoms with Gasteiger partial charge in [-0.05, 0) is 41.1 Å². The van der Waals surface area contributed by atoms with Gasteiger partial charge in [-0.2, -0.15) is 0 Å². The number of rotatable bonds is 4. The van der Waals surface area contributed by atoms with Gasteiger partial charge >= 0.3 is 0 Å². The Bertz CT molecular complexity index is 580. The number of hydrogen-bond acceptors (Lipinski definition) is 4. The van der Waals surface area contributed by atoms with Crippen LogP contribution in [0.1, 0.15) is 11.3 Å². The van der Waals surface area contributed by atoms with Gasteiger partial charge in [0.05, 0.1) is 11.5 Å². The van der Waals surface area contributed by atoms with Crippen molar-refractivity contribution in [1.82, 2.24) is 0 Å². The van der Waals surface area contributed by atoms with Gasteiger partial charge in [0.25, 0.3) is 5.69 Å². The maximum Gasteiger partial charge on any atom is 0.274 e. The van der Waals surface area contributed by atoms with Gasteiger partial charge in [-0.1, -0.05) is 6.07 Å². The smallest absolute Gasteiger partial charge is 0.274 e. The van der Waals surface area contributed by atoms with Crippen LogP contribution < -0.4 is 5.32 Å². The van der Waals surface area contributed by atoms with Crippen molar-refractivity contribution in [3.8, 4) is 0 Å². The summed E-state index contributed by atoms with van der Waals surface area (Å²) in [6.45, 7) is 2.20. The molecule has 0 fully saturated rings. The van der Waals surface area contributed by atoms with Crippen molar-refractivity contribution >= 4 is 27.3 Å². The summed E-state index contributed by atoms with van der Waals surface area (Å²) in [5.41, 5.74) is 1.46. The second kappa shape index (κ2) is 5.22. The predicted octanol–water partition coefficient (Wildman–Crippen LogP) is 3.87. The topological polar surface area (TPSA) is 68.3 Å². The minimum Gasteiger partial charge on any atom is -0.452 e. The molecule has 0 amide bonds. The summed E-state index contributed by atoms with van der Waals surface area (Å²) in [6.07, 6.45) is 0. The van der Waals surface area contributed by atoms with Crippen LogP contribution >= 0.6 is 15.9 Å². The van der Waals surface area contributed by atoms with Crippen LogP contribution in [0.2, 0.25) is 0 Å². The molecule has 5 nitrogen and oxygen atoms in total. The van der Waals surface area contributed by atoms with Gasteiger partial charge in [-0.3, -0.25) is 10.1 Å². The molecular weight excluding hydrogens is 300 g/mol.